The Kier molecular flexibility index (Phi) is 8.49. The SMILES string of the molecule is N#Cc1cccc(CC(NC(=O)Nc2ccccc2)C(=O)NCC2CCN(c3ccncc3)CC2)c1. The summed E-state index contributed by atoms with van der Waals surface area (Å²) in [6.45, 7) is 2.40. The van der Waals surface area contributed by atoms with E-state index in [1.807, 2.05) is 36.4 Å². The Morgan fingerprint density at radius 2 is 1.78 bits per heavy atom. The van der Waals surface area contributed by atoms with E-state index in [1.54, 1.807) is 42.7 Å². The van der Waals surface area contributed by atoms with Crippen molar-refractivity contribution in [2.75, 3.05) is 29.9 Å². The first-order valence-corrected chi connectivity index (χ1v) is 12.1. The van der Waals surface area contributed by atoms with Gasteiger partial charge in [0.1, 0.15) is 6.04 Å². The third kappa shape index (κ3) is 7.06. The molecule has 184 valence electrons. The van der Waals surface area contributed by atoms with Gasteiger partial charge in [-0.3, -0.25) is 9.78 Å². The highest BCUT2D eigenvalue weighted by atomic mass is 16.2. The Morgan fingerprint density at radius 3 is 2.50 bits per heavy atom. The number of pyridine rings is 1. The molecule has 0 saturated carbocycles. The Hall–Kier alpha value is -4.38. The molecule has 4 rings (SSSR count). The lowest BCUT2D eigenvalue weighted by Gasteiger charge is -2.33. The van der Waals surface area contributed by atoms with Crippen molar-refractivity contribution in [3.8, 4) is 6.07 Å². The van der Waals surface area contributed by atoms with Crippen molar-refractivity contribution >= 4 is 23.3 Å². The van der Waals surface area contributed by atoms with Crippen LogP contribution in [0, 0.1) is 17.2 Å². The Labute approximate surface area is 211 Å². The maximum absolute atomic E-state index is 13.2. The quantitative estimate of drug-likeness (QED) is 0.453. The van der Waals surface area contributed by atoms with Crippen LogP contribution in [0.3, 0.4) is 0 Å². The minimum absolute atomic E-state index is 0.239. The number of amides is 3. The third-order valence-electron chi connectivity index (χ3n) is 6.36. The van der Waals surface area contributed by atoms with Crippen molar-refractivity contribution in [1.82, 2.24) is 15.6 Å². The number of para-hydroxylation sites is 1. The van der Waals surface area contributed by atoms with Crippen molar-refractivity contribution in [1.29, 1.82) is 5.26 Å². The maximum atomic E-state index is 13.2. The molecule has 0 aliphatic carbocycles. The third-order valence-corrected chi connectivity index (χ3v) is 6.36. The van der Waals surface area contributed by atoms with Crippen LogP contribution < -0.4 is 20.9 Å². The highest BCUT2D eigenvalue weighted by Gasteiger charge is 2.24. The van der Waals surface area contributed by atoms with Crippen LogP contribution in [0.2, 0.25) is 0 Å². The molecule has 2 heterocycles. The van der Waals surface area contributed by atoms with Gasteiger partial charge in [-0.05, 0) is 60.7 Å². The smallest absolute Gasteiger partial charge is 0.319 e. The number of rotatable bonds is 8. The Morgan fingerprint density at radius 1 is 1.03 bits per heavy atom. The number of piperidine rings is 1. The number of anilines is 2. The highest BCUT2D eigenvalue weighted by Crippen LogP contribution is 2.22. The normalized spacial score (nSPS) is 14.4. The molecule has 8 heteroatoms. The lowest BCUT2D eigenvalue weighted by atomic mass is 9.96. The molecule has 1 aliphatic heterocycles. The fourth-order valence-corrected chi connectivity index (χ4v) is 4.38. The van der Waals surface area contributed by atoms with E-state index in [2.05, 4.69) is 31.9 Å². The average molecular weight is 483 g/mol. The van der Waals surface area contributed by atoms with Crippen molar-refractivity contribution in [3.05, 3.63) is 90.3 Å². The molecule has 0 bridgehead atoms. The number of hydrogen-bond donors (Lipinski definition) is 3. The predicted molar refractivity (Wildman–Crippen MR) is 139 cm³/mol. The Balaban J connectivity index is 1.35. The zero-order valence-electron chi connectivity index (χ0n) is 20.1. The average Bonchev–Trinajstić information content (AvgIpc) is 2.93. The minimum atomic E-state index is -0.778. The largest absolute Gasteiger partial charge is 0.371 e. The van der Waals surface area contributed by atoms with Gasteiger partial charge in [-0.2, -0.15) is 5.26 Å². The number of carbonyl (C=O) groups is 2. The van der Waals surface area contributed by atoms with E-state index in [4.69, 9.17) is 0 Å². The molecule has 2 aromatic carbocycles. The number of carbonyl (C=O) groups excluding carboxylic acids is 2. The van der Waals surface area contributed by atoms with E-state index in [0.717, 1.165) is 31.5 Å². The second-order valence-corrected chi connectivity index (χ2v) is 8.91. The van der Waals surface area contributed by atoms with Gasteiger partial charge in [-0.25, -0.2) is 4.79 Å². The zero-order chi connectivity index (χ0) is 25.2. The first-order chi connectivity index (χ1) is 17.6. The fraction of sp³-hybridized carbons (Fsp3) is 0.286. The minimum Gasteiger partial charge on any atom is -0.371 e. The van der Waals surface area contributed by atoms with Crippen molar-refractivity contribution in [2.45, 2.75) is 25.3 Å². The van der Waals surface area contributed by atoms with Crippen molar-refractivity contribution in [3.63, 3.8) is 0 Å². The van der Waals surface area contributed by atoms with Gasteiger partial charge in [0.2, 0.25) is 5.91 Å². The van der Waals surface area contributed by atoms with E-state index in [9.17, 15) is 14.9 Å². The molecule has 8 nitrogen and oxygen atoms in total. The molecule has 3 N–H and O–H groups in total. The van der Waals surface area contributed by atoms with Crippen molar-refractivity contribution < 1.29 is 9.59 Å². The summed E-state index contributed by atoms with van der Waals surface area (Å²) >= 11 is 0. The number of nitrogens with zero attached hydrogens (tertiary/aromatic N) is 3. The maximum Gasteiger partial charge on any atom is 0.319 e. The molecule has 1 saturated heterocycles. The number of urea groups is 1. The lowest BCUT2D eigenvalue weighted by Crippen LogP contribution is -2.50. The first kappa shape index (κ1) is 24.7. The molecule has 1 aliphatic rings. The van der Waals surface area contributed by atoms with Crippen LogP contribution in [0.25, 0.3) is 0 Å². The van der Waals surface area contributed by atoms with Gasteiger partial charge in [0, 0.05) is 49.8 Å². The van der Waals surface area contributed by atoms with E-state index in [-0.39, 0.29) is 12.3 Å². The van der Waals surface area contributed by atoms with Gasteiger partial charge >= 0.3 is 6.03 Å². The monoisotopic (exact) mass is 482 g/mol. The summed E-state index contributed by atoms with van der Waals surface area (Å²) < 4.78 is 0. The summed E-state index contributed by atoms with van der Waals surface area (Å²) in [6.07, 6.45) is 5.83. The zero-order valence-corrected chi connectivity index (χ0v) is 20.1. The molecule has 0 spiro atoms. The fourth-order valence-electron chi connectivity index (χ4n) is 4.38. The van der Waals surface area contributed by atoms with E-state index in [1.165, 1.54) is 5.69 Å². The molecule has 3 aromatic rings. The standard InChI is InChI=1S/C28H30N6O2/c29-19-23-6-4-5-22(17-23)18-26(33-28(36)32-24-7-2-1-3-8-24)27(35)31-20-21-11-15-34(16-12-21)25-9-13-30-14-10-25/h1-10,13-14,17,21,26H,11-12,15-16,18,20H2,(H,31,35)(H2,32,33,36). The molecule has 3 amide bonds. The highest BCUT2D eigenvalue weighted by molar-refractivity contribution is 5.93. The molecule has 1 fully saturated rings. The second-order valence-electron chi connectivity index (χ2n) is 8.91. The van der Waals surface area contributed by atoms with Crippen LogP contribution in [0.15, 0.2) is 79.1 Å². The van der Waals surface area contributed by atoms with Crippen molar-refractivity contribution in [2.24, 2.45) is 5.92 Å². The van der Waals surface area contributed by atoms with Crippen LogP contribution in [0.1, 0.15) is 24.0 Å². The number of benzene rings is 2. The summed E-state index contributed by atoms with van der Waals surface area (Å²) in [5, 5.41) is 17.8. The van der Waals surface area contributed by atoms with Crippen LogP contribution in [-0.4, -0.2) is 42.6 Å². The Bertz CT molecular complexity index is 1190. The number of hydrogen-bond acceptors (Lipinski definition) is 5. The molecule has 0 radical (unpaired) electrons. The predicted octanol–water partition coefficient (Wildman–Crippen LogP) is 3.72. The second kappa shape index (κ2) is 12.4. The number of nitriles is 1. The molecule has 1 aromatic heterocycles. The summed E-state index contributed by atoms with van der Waals surface area (Å²) in [4.78, 5) is 32.2. The molecule has 1 unspecified atom stereocenters. The number of aromatic nitrogens is 1. The molecule has 36 heavy (non-hydrogen) atoms. The van der Waals surface area contributed by atoms with Crippen LogP contribution in [0.4, 0.5) is 16.2 Å². The molecular formula is C28H30N6O2. The first-order valence-electron chi connectivity index (χ1n) is 12.1. The number of nitrogens with one attached hydrogen (secondary N) is 3. The van der Waals surface area contributed by atoms with Crippen LogP contribution >= 0.6 is 0 Å². The molecular weight excluding hydrogens is 452 g/mol. The topological polar surface area (TPSA) is 110 Å². The van der Waals surface area contributed by atoms with Gasteiger partial charge < -0.3 is 20.9 Å². The summed E-state index contributed by atoms with van der Waals surface area (Å²) in [5.41, 5.74) is 3.13. The lowest BCUT2D eigenvalue weighted by molar-refractivity contribution is -0.123. The summed E-state index contributed by atoms with van der Waals surface area (Å²) in [5.74, 6) is 0.130. The summed E-state index contributed by atoms with van der Waals surface area (Å²) in [7, 11) is 0. The molecule has 1 atom stereocenters. The van der Waals surface area contributed by atoms with E-state index < -0.39 is 12.1 Å². The van der Waals surface area contributed by atoms with Gasteiger partial charge in [-0.15, -0.1) is 0 Å². The van der Waals surface area contributed by atoms with Crippen LogP contribution in [-0.2, 0) is 11.2 Å². The van der Waals surface area contributed by atoms with Crippen LogP contribution in [0.5, 0.6) is 0 Å². The van der Waals surface area contributed by atoms with Gasteiger partial charge in [0.05, 0.1) is 11.6 Å². The van der Waals surface area contributed by atoms with E-state index in [0.29, 0.717) is 23.7 Å². The van der Waals surface area contributed by atoms with Gasteiger partial charge in [0.15, 0.2) is 0 Å². The van der Waals surface area contributed by atoms with E-state index >= 15 is 0 Å². The van der Waals surface area contributed by atoms with Gasteiger partial charge in [0.25, 0.3) is 0 Å². The van der Waals surface area contributed by atoms with Gasteiger partial charge in [-0.1, -0.05) is 30.3 Å². The summed E-state index contributed by atoms with van der Waals surface area (Å²) in [6, 6.07) is 21.1.